The fourth-order valence-corrected chi connectivity index (χ4v) is 3.19. The van der Waals surface area contributed by atoms with E-state index in [2.05, 4.69) is 16.6 Å². The summed E-state index contributed by atoms with van der Waals surface area (Å²) in [7, 11) is -3.45. The van der Waals surface area contributed by atoms with Crippen molar-refractivity contribution in [1.29, 1.82) is 0 Å². The maximum atomic E-state index is 12.1. The number of nitrogens with one attached hydrogen (secondary N) is 1. The topological polar surface area (TPSA) is 66.4 Å². The van der Waals surface area contributed by atoms with Crippen molar-refractivity contribution in [3.8, 4) is 11.8 Å². The van der Waals surface area contributed by atoms with Gasteiger partial charge in [0.2, 0.25) is 10.0 Å². The number of aliphatic hydroxyl groups excluding tert-OH is 1. The molecule has 19 heavy (non-hydrogen) atoms. The molecule has 1 fully saturated rings. The molecule has 0 bridgehead atoms. The maximum absolute atomic E-state index is 12.1. The number of benzene rings is 1. The summed E-state index contributed by atoms with van der Waals surface area (Å²) in [5, 5.41) is 8.59. The van der Waals surface area contributed by atoms with E-state index >= 15 is 0 Å². The van der Waals surface area contributed by atoms with E-state index < -0.39 is 10.0 Å². The van der Waals surface area contributed by atoms with E-state index in [1.807, 2.05) is 13.8 Å². The van der Waals surface area contributed by atoms with Crippen LogP contribution in [0.4, 0.5) is 0 Å². The van der Waals surface area contributed by atoms with Crippen LogP contribution in [-0.2, 0) is 10.0 Å². The van der Waals surface area contributed by atoms with Gasteiger partial charge in [0.05, 0.1) is 4.90 Å². The second-order valence-corrected chi connectivity index (χ2v) is 7.06. The van der Waals surface area contributed by atoms with Gasteiger partial charge < -0.3 is 5.11 Å². The molecule has 0 radical (unpaired) electrons. The van der Waals surface area contributed by atoms with Gasteiger partial charge in [-0.25, -0.2) is 13.1 Å². The van der Waals surface area contributed by atoms with Crippen molar-refractivity contribution in [2.24, 2.45) is 5.41 Å². The molecule has 0 spiro atoms. The molecule has 1 aliphatic carbocycles. The quantitative estimate of drug-likeness (QED) is 0.815. The van der Waals surface area contributed by atoms with Crippen LogP contribution in [-0.4, -0.2) is 26.2 Å². The Morgan fingerprint density at radius 3 is 2.42 bits per heavy atom. The van der Waals surface area contributed by atoms with Gasteiger partial charge in [0.25, 0.3) is 0 Å². The van der Waals surface area contributed by atoms with Gasteiger partial charge in [0.15, 0.2) is 0 Å². The van der Waals surface area contributed by atoms with Crippen LogP contribution < -0.4 is 4.72 Å². The standard InChI is InChI=1S/C14H17NO3S/c1-14(2)10-13(14)15-19(17,18)12-7-5-11(6-8-12)4-3-9-16/h5-8,13,15-16H,9-10H2,1-2H3. The summed E-state index contributed by atoms with van der Waals surface area (Å²) >= 11 is 0. The molecule has 0 aliphatic heterocycles. The largest absolute Gasteiger partial charge is 0.384 e. The van der Waals surface area contributed by atoms with Gasteiger partial charge in [-0.1, -0.05) is 25.7 Å². The van der Waals surface area contributed by atoms with Crippen LogP contribution in [0.5, 0.6) is 0 Å². The average Bonchev–Trinajstić information content (AvgIpc) is 2.93. The first-order valence-corrected chi connectivity index (χ1v) is 7.56. The van der Waals surface area contributed by atoms with E-state index in [4.69, 9.17) is 5.11 Å². The Bertz CT molecular complexity index is 621. The summed E-state index contributed by atoms with van der Waals surface area (Å²) in [5.41, 5.74) is 0.735. The molecule has 1 saturated carbocycles. The van der Waals surface area contributed by atoms with Gasteiger partial charge in [-0.05, 0) is 36.1 Å². The van der Waals surface area contributed by atoms with Gasteiger partial charge >= 0.3 is 0 Å². The Labute approximate surface area is 113 Å². The number of rotatable bonds is 3. The number of hydrogen-bond donors (Lipinski definition) is 2. The molecular weight excluding hydrogens is 262 g/mol. The average molecular weight is 279 g/mol. The highest BCUT2D eigenvalue weighted by Crippen LogP contribution is 2.45. The molecule has 1 unspecified atom stereocenters. The van der Waals surface area contributed by atoms with E-state index in [1.54, 1.807) is 12.1 Å². The lowest BCUT2D eigenvalue weighted by atomic mass is 10.2. The first-order chi connectivity index (χ1) is 8.85. The lowest BCUT2D eigenvalue weighted by Gasteiger charge is -2.08. The van der Waals surface area contributed by atoms with Crippen LogP contribution in [0.2, 0.25) is 0 Å². The van der Waals surface area contributed by atoms with Crippen LogP contribution in [0.3, 0.4) is 0 Å². The summed E-state index contributed by atoms with van der Waals surface area (Å²) in [4.78, 5) is 0.241. The summed E-state index contributed by atoms with van der Waals surface area (Å²) in [6, 6.07) is 6.34. The molecule has 1 aromatic carbocycles. The Morgan fingerprint density at radius 2 is 1.95 bits per heavy atom. The van der Waals surface area contributed by atoms with Crippen molar-refractivity contribution in [3.05, 3.63) is 29.8 Å². The first kappa shape index (κ1) is 14.1. The van der Waals surface area contributed by atoms with E-state index in [9.17, 15) is 8.42 Å². The molecule has 102 valence electrons. The van der Waals surface area contributed by atoms with Crippen LogP contribution in [0, 0.1) is 17.3 Å². The lowest BCUT2D eigenvalue weighted by molar-refractivity contribution is 0.350. The molecule has 0 aromatic heterocycles. The Kier molecular flexibility index (Phi) is 3.68. The minimum absolute atomic E-state index is 0.0198. The van der Waals surface area contributed by atoms with Crippen molar-refractivity contribution >= 4 is 10.0 Å². The molecule has 1 aromatic rings. The molecule has 0 saturated heterocycles. The van der Waals surface area contributed by atoms with Gasteiger partial charge in [-0.15, -0.1) is 0 Å². The molecule has 2 N–H and O–H groups in total. The Balaban J connectivity index is 2.13. The van der Waals surface area contributed by atoms with Crippen molar-refractivity contribution in [2.45, 2.75) is 31.2 Å². The summed E-state index contributed by atoms with van der Waals surface area (Å²) in [6.45, 7) is 3.86. The summed E-state index contributed by atoms with van der Waals surface area (Å²) in [6.07, 6.45) is 0.867. The van der Waals surface area contributed by atoms with Crippen molar-refractivity contribution < 1.29 is 13.5 Å². The van der Waals surface area contributed by atoms with Crippen molar-refractivity contribution in [3.63, 3.8) is 0 Å². The predicted molar refractivity (Wildman–Crippen MR) is 72.9 cm³/mol. The molecule has 1 atom stereocenters. The number of aliphatic hydroxyl groups is 1. The Hall–Kier alpha value is -1.35. The highest BCUT2D eigenvalue weighted by atomic mass is 32.2. The monoisotopic (exact) mass is 279 g/mol. The van der Waals surface area contributed by atoms with Crippen LogP contribution in [0.15, 0.2) is 29.2 Å². The van der Waals surface area contributed by atoms with Crippen LogP contribution in [0.1, 0.15) is 25.8 Å². The van der Waals surface area contributed by atoms with Crippen molar-refractivity contribution in [2.75, 3.05) is 6.61 Å². The van der Waals surface area contributed by atoms with E-state index in [0.29, 0.717) is 5.56 Å². The zero-order valence-electron chi connectivity index (χ0n) is 11.0. The lowest BCUT2D eigenvalue weighted by Crippen LogP contribution is -2.28. The van der Waals surface area contributed by atoms with Crippen LogP contribution in [0.25, 0.3) is 0 Å². The summed E-state index contributed by atoms with van der Waals surface area (Å²) < 4.78 is 26.9. The SMILES string of the molecule is CC1(C)CC1NS(=O)(=O)c1ccc(C#CCO)cc1. The molecular formula is C14H17NO3S. The second kappa shape index (κ2) is 4.97. The predicted octanol–water partition coefficient (Wildman–Crippen LogP) is 1.11. The van der Waals surface area contributed by atoms with E-state index in [1.165, 1.54) is 12.1 Å². The highest BCUT2D eigenvalue weighted by molar-refractivity contribution is 7.89. The second-order valence-electron chi connectivity index (χ2n) is 5.35. The van der Waals surface area contributed by atoms with Gasteiger partial charge in [0, 0.05) is 11.6 Å². The van der Waals surface area contributed by atoms with Crippen molar-refractivity contribution in [1.82, 2.24) is 4.72 Å². The third-order valence-corrected chi connectivity index (χ3v) is 4.77. The number of hydrogen-bond acceptors (Lipinski definition) is 3. The number of sulfonamides is 1. The van der Waals surface area contributed by atoms with Crippen LogP contribution >= 0.6 is 0 Å². The molecule has 0 heterocycles. The normalized spacial score (nSPS) is 20.5. The minimum Gasteiger partial charge on any atom is -0.384 e. The van der Waals surface area contributed by atoms with Gasteiger partial charge in [-0.2, -0.15) is 0 Å². The molecule has 0 amide bonds. The fraction of sp³-hybridized carbons (Fsp3) is 0.429. The van der Waals surface area contributed by atoms with E-state index in [-0.39, 0.29) is 23.0 Å². The Morgan fingerprint density at radius 1 is 1.37 bits per heavy atom. The highest BCUT2D eigenvalue weighted by Gasteiger charge is 2.47. The smallest absolute Gasteiger partial charge is 0.240 e. The fourth-order valence-electron chi connectivity index (χ4n) is 1.78. The molecule has 5 heteroatoms. The van der Waals surface area contributed by atoms with Gasteiger partial charge in [-0.3, -0.25) is 0 Å². The van der Waals surface area contributed by atoms with Gasteiger partial charge in [0.1, 0.15) is 6.61 Å². The zero-order chi connectivity index (χ0) is 14.1. The first-order valence-electron chi connectivity index (χ1n) is 6.07. The molecule has 1 aliphatic rings. The molecule has 2 rings (SSSR count). The minimum atomic E-state index is -3.45. The summed E-state index contributed by atoms with van der Waals surface area (Å²) in [5.74, 6) is 5.24. The third-order valence-electron chi connectivity index (χ3n) is 3.29. The zero-order valence-corrected chi connectivity index (χ0v) is 11.8. The maximum Gasteiger partial charge on any atom is 0.240 e. The third kappa shape index (κ3) is 3.35. The van der Waals surface area contributed by atoms with E-state index in [0.717, 1.165) is 6.42 Å². The molecule has 4 nitrogen and oxygen atoms in total.